The number of aliphatic hydroxyl groups is 1. The molecule has 0 saturated heterocycles. The predicted octanol–water partition coefficient (Wildman–Crippen LogP) is 7.67. The zero-order chi connectivity index (χ0) is 33.5. The lowest BCUT2D eigenvalue weighted by Crippen LogP contribution is -2.06. The van der Waals surface area contributed by atoms with Crippen LogP contribution >= 0.6 is 0 Å². The normalized spacial score (nSPS) is 11.2. The molecule has 1 N–H and O–H groups in total. The van der Waals surface area contributed by atoms with Crippen LogP contribution in [0, 0.1) is 0 Å². The predicted molar refractivity (Wildman–Crippen MR) is 179 cm³/mol. The minimum Gasteiger partial charge on any atom is -0.494 e. The van der Waals surface area contributed by atoms with Crippen molar-refractivity contribution in [1.29, 1.82) is 0 Å². The number of rotatable bonds is 24. The molecular formula is C38H46O9. The maximum Gasteiger partial charge on any atom is 0.330 e. The highest BCUT2D eigenvalue weighted by Gasteiger charge is 2.10. The highest BCUT2D eigenvalue weighted by atomic mass is 16.6. The van der Waals surface area contributed by atoms with Gasteiger partial charge in [-0.3, -0.25) is 0 Å². The molecule has 0 spiro atoms. The van der Waals surface area contributed by atoms with Crippen LogP contribution in [0.2, 0.25) is 0 Å². The third-order valence-corrected chi connectivity index (χ3v) is 7.00. The standard InChI is InChI=1S/C38H46O9/c1-3-36(39)44-27-11-7-5-9-25-42-32-17-13-30(14-18-32)29-46-34-21-23-35(24-22-34)47-38(41)31-15-19-33(20-16-31)43-26-10-6-8-12-28-45-37(40)4-2/h3-4,13-24,38,41H,1-2,5-12,25-29H2. The van der Waals surface area contributed by atoms with E-state index in [9.17, 15) is 14.7 Å². The molecule has 0 aliphatic heterocycles. The van der Waals surface area contributed by atoms with E-state index in [2.05, 4.69) is 13.2 Å². The highest BCUT2D eigenvalue weighted by molar-refractivity contribution is 5.81. The molecular weight excluding hydrogens is 600 g/mol. The summed E-state index contributed by atoms with van der Waals surface area (Å²) in [6.07, 6.45) is 8.61. The Balaban J connectivity index is 1.27. The summed E-state index contributed by atoms with van der Waals surface area (Å²) in [6, 6.07) is 22.1. The molecule has 3 rings (SSSR count). The monoisotopic (exact) mass is 646 g/mol. The summed E-state index contributed by atoms with van der Waals surface area (Å²) >= 11 is 0. The van der Waals surface area contributed by atoms with Crippen LogP contribution in [0.4, 0.5) is 0 Å². The Hall–Kier alpha value is -4.76. The number of benzene rings is 3. The summed E-state index contributed by atoms with van der Waals surface area (Å²) in [7, 11) is 0. The zero-order valence-electron chi connectivity index (χ0n) is 27.0. The molecule has 0 bridgehead atoms. The molecule has 3 aromatic rings. The van der Waals surface area contributed by atoms with Crippen molar-refractivity contribution in [2.75, 3.05) is 26.4 Å². The van der Waals surface area contributed by atoms with Gasteiger partial charge in [-0.15, -0.1) is 0 Å². The summed E-state index contributed by atoms with van der Waals surface area (Å²) in [4.78, 5) is 22.0. The molecule has 0 aromatic heterocycles. The van der Waals surface area contributed by atoms with Crippen molar-refractivity contribution in [3.8, 4) is 23.0 Å². The maximum atomic E-state index is 11.0. The fourth-order valence-electron chi connectivity index (χ4n) is 4.35. The van der Waals surface area contributed by atoms with E-state index < -0.39 is 6.29 Å². The molecule has 0 aliphatic carbocycles. The molecule has 0 radical (unpaired) electrons. The van der Waals surface area contributed by atoms with Gasteiger partial charge in [0.2, 0.25) is 6.29 Å². The Morgan fingerprint density at radius 1 is 0.553 bits per heavy atom. The Labute approximate surface area is 277 Å². The van der Waals surface area contributed by atoms with Crippen LogP contribution in [0.3, 0.4) is 0 Å². The summed E-state index contributed by atoms with van der Waals surface area (Å²) < 4.78 is 33.1. The van der Waals surface area contributed by atoms with Crippen LogP contribution in [0.15, 0.2) is 98.1 Å². The number of ether oxygens (including phenoxy) is 6. The van der Waals surface area contributed by atoms with Crippen LogP contribution in [-0.2, 0) is 25.7 Å². The largest absolute Gasteiger partial charge is 0.494 e. The van der Waals surface area contributed by atoms with Gasteiger partial charge < -0.3 is 33.5 Å². The Bertz CT molecular complexity index is 1340. The number of hydrogen-bond acceptors (Lipinski definition) is 9. The highest BCUT2D eigenvalue weighted by Crippen LogP contribution is 2.25. The third-order valence-electron chi connectivity index (χ3n) is 7.00. The number of unbranched alkanes of at least 4 members (excludes halogenated alkanes) is 6. The van der Waals surface area contributed by atoms with Crippen molar-refractivity contribution >= 4 is 11.9 Å². The zero-order valence-corrected chi connectivity index (χ0v) is 27.0. The number of esters is 2. The van der Waals surface area contributed by atoms with E-state index in [4.69, 9.17) is 28.4 Å². The van der Waals surface area contributed by atoms with Gasteiger partial charge in [0.1, 0.15) is 29.6 Å². The van der Waals surface area contributed by atoms with Gasteiger partial charge in [0.15, 0.2) is 0 Å². The molecule has 1 atom stereocenters. The molecule has 0 saturated carbocycles. The second kappa shape index (κ2) is 21.9. The fraction of sp³-hybridized carbons (Fsp3) is 0.368. The molecule has 9 nitrogen and oxygen atoms in total. The van der Waals surface area contributed by atoms with Crippen LogP contribution < -0.4 is 18.9 Å². The first-order valence-corrected chi connectivity index (χ1v) is 16.1. The summed E-state index contributed by atoms with van der Waals surface area (Å²) in [6.45, 7) is 9.20. The Morgan fingerprint density at radius 3 is 1.45 bits per heavy atom. The molecule has 47 heavy (non-hydrogen) atoms. The lowest BCUT2D eigenvalue weighted by atomic mass is 10.2. The van der Waals surface area contributed by atoms with Crippen molar-refractivity contribution in [2.24, 2.45) is 0 Å². The molecule has 252 valence electrons. The van der Waals surface area contributed by atoms with Crippen molar-refractivity contribution < 1.29 is 43.1 Å². The minimum atomic E-state index is -1.12. The number of carbonyl (C=O) groups excluding carboxylic acids is 2. The van der Waals surface area contributed by atoms with E-state index in [1.807, 2.05) is 36.4 Å². The van der Waals surface area contributed by atoms with Gasteiger partial charge in [-0.05, 0) is 118 Å². The lowest BCUT2D eigenvalue weighted by molar-refractivity contribution is -0.138. The first kappa shape index (κ1) is 36.7. The summed E-state index contributed by atoms with van der Waals surface area (Å²) in [5.41, 5.74) is 1.63. The molecule has 3 aromatic carbocycles. The Morgan fingerprint density at radius 2 is 0.957 bits per heavy atom. The van der Waals surface area contributed by atoms with E-state index in [1.165, 1.54) is 12.2 Å². The van der Waals surface area contributed by atoms with Crippen LogP contribution in [0.5, 0.6) is 23.0 Å². The molecule has 0 aliphatic rings. The van der Waals surface area contributed by atoms with Gasteiger partial charge in [0.25, 0.3) is 0 Å². The van der Waals surface area contributed by atoms with E-state index >= 15 is 0 Å². The van der Waals surface area contributed by atoms with Crippen LogP contribution in [0.1, 0.15) is 68.8 Å². The second-order valence-electron chi connectivity index (χ2n) is 10.7. The average molecular weight is 647 g/mol. The average Bonchev–Trinajstić information content (AvgIpc) is 3.10. The quantitative estimate of drug-likeness (QED) is 0.0454. The fourth-order valence-corrected chi connectivity index (χ4v) is 4.35. The molecule has 9 heteroatoms. The summed E-state index contributed by atoms with van der Waals surface area (Å²) in [5.74, 6) is 1.96. The third kappa shape index (κ3) is 15.4. The lowest BCUT2D eigenvalue weighted by Gasteiger charge is -2.15. The van der Waals surface area contributed by atoms with Crippen molar-refractivity contribution in [3.05, 3.63) is 109 Å². The van der Waals surface area contributed by atoms with E-state index in [-0.39, 0.29) is 11.9 Å². The van der Waals surface area contributed by atoms with Crippen molar-refractivity contribution in [1.82, 2.24) is 0 Å². The van der Waals surface area contributed by atoms with E-state index in [0.717, 1.165) is 68.4 Å². The maximum absolute atomic E-state index is 11.0. The molecule has 1 unspecified atom stereocenters. The minimum absolute atomic E-state index is 0.379. The SMILES string of the molecule is C=CC(=O)OCCCCCCOc1ccc(COc2ccc(OC(O)c3ccc(OCCCCCCOC(=O)C=C)cc3)cc2)cc1. The van der Waals surface area contributed by atoms with Crippen molar-refractivity contribution in [2.45, 2.75) is 64.3 Å². The first-order valence-electron chi connectivity index (χ1n) is 16.1. The number of hydrogen-bond donors (Lipinski definition) is 1. The van der Waals surface area contributed by atoms with E-state index in [0.29, 0.717) is 50.1 Å². The Kier molecular flexibility index (Phi) is 17.1. The van der Waals surface area contributed by atoms with Gasteiger partial charge >= 0.3 is 11.9 Å². The number of carbonyl (C=O) groups is 2. The van der Waals surface area contributed by atoms with Gasteiger partial charge in [0.05, 0.1) is 26.4 Å². The number of aliphatic hydroxyl groups excluding tert-OH is 1. The first-order chi connectivity index (χ1) is 23.0. The van der Waals surface area contributed by atoms with Gasteiger partial charge in [0, 0.05) is 17.7 Å². The van der Waals surface area contributed by atoms with E-state index in [1.54, 1.807) is 36.4 Å². The van der Waals surface area contributed by atoms with Crippen molar-refractivity contribution in [3.63, 3.8) is 0 Å². The molecule has 0 heterocycles. The van der Waals surface area contributed by atoms with Crippen LogP contribution in [0.25, 0.3) is 0 Å². The van der Waals surface area contributed by atoms with Crippen LogP contribution in [-0.4, -0.2) is 43.5 Å². The smallest absolute Gasteiger partial charge is 0.330 e. The molecule has 0 amide bonds. The molecule has 0 fully saturated rings. The topological polar surface area (TPSA) is 110 Å². The van der Waals surface area contributed by atoms with Gasteiger partial charge in [-0.25, -0.2) is 9.59 Å². The second-order valence-corrected chi connectivity index (χ2v) is 10.7. The van der Waals surface area contributed by atoms with Gasteiger partial charge in [-0.1, -0.05) is 25.3 Å². The summed E-state index contributed by atoms with van der Waals surface area (Å²) in [5, 5.41) is 10.6. The van der Waals surface area contributed by atoms with Gasteiger partial charge in [-0.2, -0.15) is 0 Å².